The Hall–Kier alpha value is -4.17. The van der Waals surface area contributed by atoms with E-state index in [4.69, 9.17) is 4.74 Å². The van der Waals surface area contributed by atoms with Gasteiger partial charge in [-0.2, -0.15) is 0 Å². The van der Waals surface area contributed by atoms with E-state index in [0.29, 0.717) is 31.7 Å². The molecule has 0 radical (unpaired) electrons. The highest BCUT2D eigenvalue weighted by Gasteiger charge is 2.26. The second-order valence-electron chi connectivity index (χ2n) is 10.6. The average Bonchev–Trinajstić information content (AvgIpc) is 3.01. The number of rotatable bonds is 13. The van der Waals surface area contributed by atoms with E-state index in [1.807, 2.05) is 41.3 Å². The summed E-state index contributed by atoms with van der Waals surface area (Å²) in [6.45, 7) is 4.25. The van der Waals surface area contributed by atoms with E-state index in [0.717, 1.165) is 37.9 Å². The molecule has 0 saturated carbocycles. The first-order valence-corrected chi connectivity index (χ1v) is 14.6. The van der Waals surface area contributed by atoms with Crippen molar-refractivity contribution in [3.05, 3.63) is 101 Å². The van der Waals surface area contributed by atoms with Crippen LogP contribution in [0.5, 0.6) is 5.75 Å². The molecule has 1 heterocycles. The monoisotopic (exact) mass is 571 g/mol. The minimum Gasteiger partial charge on any atom is -0.482 e. The van der Waals surface area contributed by atoms with Gasteiger partial charge in [0.15, 0.2) is 6.61 Å². The van der Waals surface area contributed by atoms with Crippen LogP contribution in [0.3, 0.4) is 0 Å². The van der Waals surface area contributed by atoms with Gasteiger partial charge in [-0.15, -0.1) is 0 Å². The normalized spacial score (nSPS) is 14.7. The number of piperazine rings is 1. The fourth-order valence-corrected chi connectivity index (χ4v) is 5.38. The van der Waals surface area contributed by atoms with Crippen LogP contribution in [0.2, 0.25) is 0 Å². The average molecular weight is 572 g/mol. The van der Waals surface area contributed by atoms with Crippen molar-refractivity contribution >= 4 is 17.8 Å². The largest absolute Gasteiger partial charge is 0.482 e. The Morgan fingerprint density at radius 1 is 0.905 bits per heavy atom. The van der Waals surface area contributed by atoms with Gasteiger partial charge in [0.2, 0.25) is 11.8 Å². The maximum Gasteiger partial charge on any atom is 0.343 e. The molecular weight excluding hydrogens is 530 g/mol. The lowest BCUT2D eigenvalue weighted by molar-refractivity contribution is -0.143. The molecule has 2 N–H and O–H groups in total. The van der Waals surface area contributed by atoms with Crippen LogP contribution in [-0.4, -0.2) is 68.6 Å². The summed E-state index contributed by atoms with van der Waals surface area (Å²) in [5.41, 5.74) is 5.99. The van der Waals surface area contributed by atoms with Gasteiger partial charge in [-0.25, -0.2) is 4.79 Å². The lowest BCUT2D eigenvalue weighted by Crippen LogP contribution is -2.54. The second kappa shape index (κ2) is 15.7. The fourth-order valence-electron chi connectivity index (χ4n) is 5.38. The molecule has 42 heavy (non-hydrogen) atoms. The van der Waals surface area contributed by atoms with Crippen molar-refractivity contribution in [3.63, 3.8) is 0 Å². The van der Waals surface area contributed by atoms with Crippen LogP contribution in [0.15, 0.2) is 72.8 Å². The zero-order valence-electron chi connectivity index (χ0n) is 24.6. The number of nitrogens with one attached hydrogen (secondary N) is 2. The molecule has 8 heteroatoms. The number of ether oxygens (including phenoxy) is 2. The van der Waals surface area contributed by atoms with E-state index >= 15 is 0 Å². The predicted molar refractivity (Wildman–Crippen MR) is 162 cm³/mol. The van der Waals surface area contributed by atoms with Crippen molar-refractivity contribution in [1.29, 1.82) is 0 Å². The van der Waals surface area contributed by atoms with E-state index in [1.54, 1.807) is 0 Å². The molecule has 0 aliphatic carbocycles. The SMILES string of the molecule is COC(=O)COc1ccc(C[C@@H]2CNCCN2C(=O)CCc2ccccc2Cc2ccccc2CCNC(C)=O)cc1. The maximum absolute atomic E-state index is 13.5. The van der Waals surface area contributed by atoms with Gasteiger partial charge >= 0.3 is 5.97 Å². The molecule has 1 aliphatic rings. The third-order valence-electron chi connectivity index (χ3n) is 7.64. The topological polar surface area (TPSA) is 97.0 Å². The molecule has 3 aromatic carbocycles. The number of methoxy groups -OCH3 is 1. The van der Waals surface area contributed by atoms with E-state index in [9.17, 15) is 14.4 Å². The third-order valence-corrected chi connectivity index (χ3v) is 7.64. The Balaban J connectivity index is 1.36. The molecule has 2 amide bonds. The van der Waals surface area contributed by atoms with E-state index in [1.165, 1.54) is 36.3 Å². The first-order chi connectivity index (χ1) is 20.4. The fraction of sp³-hybridized carbons (Fsp3) is 0.382. The van der Waals surface area contributed by atoms with Crippen molar-refractivity contribution in [2.45, 2.75) is 45.1 Å². The quantitative estimate of drug-likeness (QED) is 0.305. The molecule has 8 nitrogen and oxygen atoms in total. The van der Waals surface area contributed by atoms with Crippen LogP contribution < -0.4 is 15.4 Å². The van der Waals surface area contributed by atoms with Gasteiger partial charge in [0.25, 0.3) is 0 Å². The van der Waals surface area contributed by atoms with Gasteiger partial charge < -0.3 is 25.0 Å². The Morgan fingerprint density at radius 2 is 1.55 bits per heavy atom. The number of amides is 2. The van der Waals surface area contributed by atoms with Crippen LogP contribution >= 0.6 is 0 Å². The van der Waals surface area contributed by atoms with E-state index in [2.05, 4.69) is 51.8 Å². The Kier molecular flexibility index (Phi) is 11.5. The van der Waals surface area contributed by atoms with Gasteiger partial charge in [-0.3, -0.25) is 9.59 Å². The first-order valence-electron chi connectivity index (χ1n) is 14.6. The van der Waals surface area contributed by atoms with Gasteiger partial charge in [0.1, 0.15) is 5.75 Å². The molecule has 4 rings (SSSR count). The minimum absolute atomic E-state index is 0.0193. The Labute approximate surface area is 248 Å². The van der Waals surface area contributed by atoms with Crippen LogP contribution in [0.1, 0.15) is 41.2 Å². The van der Waals surface area contributed by atoms with Crippen LogP contribution in [0.4, 0.5) is 0 Å². The second-order valence-corrected chi connectivity index (χ2v) is 10.6. The number of hydrogen-bond acceptors (Lipinski definition) is 6. The number of carbonyl (C=O) groups is 3. The zero-order valence-corrected chi connectivity index (χ0v) is 24.6. The number of nitrogens with zero attached hydrogens (tertiary/aromatic N) is 1. The van der Waals surface area contributed by atoms with Crippen molar-refractivity contribution in [1.82, 2.24) is 15.5 Å². The molecule has 1 fully saturated rings. The molecule has 1 saturated heterocycles. The van der Waals surface area contributed by atoms with Gasteiger partial charge in [-0.1, -0.05) is 60.7 Å². The molecular formula is C34H41N3O5. The standard InChI is InChI=1S/C34H41N3O5/c1-25(38)36-18-17-28-8-4-6-10-30(28)22-29-9-5-3-7-27(29)13-16-33(39)37-20-19-35-23-31(37)21-26-11-14-32(15-12-26)42-24-34(40)41-2/h3-12,14-15,31,35H,13,16-24H2,1-2H3,(H,36,38)/t31-/m1/s1. The molecule has 1 atom stereocenters. The van der Waals surface area contributed by atoms with Crippen LogP contribution in [0.25, 0.3) is 0 Å². The highest BCUT2D eigenvalue weighted by molar-refractivity contribution is 5.77. The smallest absolute Gasteiger partial charge is 0.343 e. The molecule has 0 aromatic heterocycles. The number of aryl methyl sites for hydroxylation is 1. The number of hydrogen-bond donors (Lipinski definition) is 2. The summed E-state index contributed by atoms with van der Waals surface area (Å²) in [5.74, 6) is 0.333. The van der Waals surface area contributed by atoms with Crippen LogP contribution in [-0.2, 0) is 44.8 Å². The molecule has 222 valence electrons. The van der Waals surface area contributed by atoms with Crippen molar-refractivity contribution in [3.8, 4) is 5.75 Å². The van der Waals surface area contributed by atoms with Gasteiger partial charge in [0, 0.05) is 45.6 Å². The molecule has 3 aromatic rings. The number of benzene rings is 3. The lowest BCUT2D eigenvalue weighted by atomic mass is 9.93. The van der Waals surface area contributed by atoms with Crippen molar-refractivity contribution < 1.29 is 23.9 Å². The lowest BCUT2D eigenvalue weighted by Gasteiger charge is -2.36. The highest BCUT2D eigenvalue weighted by atomic mass is 16.6. The third kappa shape index (κ3) is 9.17. The summed E-state index contributed by atoms with van der Waals surface area (Å²) in [4.78, 5) is 38.2. The van der Waals surface area contributed by atoms with Crippen molar-refractivity contribution in [2.24, 2.45) is 0 Å². The minimum atomic E-state index is -0.423. The van der Waals surface area contributed by atoms with E-state index < -0.39 is 5.97 Å². The zero-order chi connectivity index (χ0) is 29.7. The summed E-state index contributed by atoms with van der Waals surface area (Å²) in [6, 6.07) is 24.4. The molecule has 0 unspecified atom stereocenters. The number of carbonyl (C=O) groups excluding carboxylic acids is 3. The Bertz CT molecular complexity index is 1340. The number of esters is 1. The summed E-state index contributed by atoms with van der Waals surface area (Å²) in [5, 5.41) is 6.32. The molecule has 0 bridgehead atoms. The van der Waals surface area contributed by atoms with Crippen molar-refractivity contribution in [2.75, 3.05) is 39.9 Å². The predicted octanol–water partition coefficient (Wildman–Crippen LogP) is 3.48. The molecule has 1 aliphatic heterocycles. The van der Waals surface area contributed by atoms with E-state index in [-0.39, 0.29) is 24.5 Å². The summed E-state index contributed by atoms with van der Waals surface area (Å²) >= 11 is 0. The summed E-state index contributed by atoms with van der Waals surface area (Å²) in [6.07, 6.45) is 3.45. The highest BCUT2D eigenvalue weighted by Crippen LogP contribution is 2.21. The first kappa shape index (κ1) is 30.8. The maximum atomic E-state index is 13.5. The summed E-state index contributed by atoms with van der Waals surface area (Å²) < 4.78 is 10.1. The van der Waals surface area contributed by atoms with Crippen LogP contribution in [0, 0.1) is 0 Å². The van der Waals surface area contributed by atoms with Gasteiger partial charge in [-0.05, 0) is 65.6 Å². The Morgan fingerprint density at radius 3 is 2.19 bits per heavy atom. The molecule has 0 spiro atoms. The summed E-state index contributed by atoms with van der Waals surface area (Å²) in [7, 11) is 1.33. The van der Waals surface area contributed by atoms with Gasteiger partial charge in [0.05, 0.1) is 7.11 Å².